The molecule has 6 heteroatoms. The molecule has 102 valence electrons. The topological polar surface area (TPSA) is 82.3 Å². The molecule has 1 fully saturated rings. The Balaban J connectivity index is 1.96. The summed E-state index contributed by atoms with van der Waals surface area (Å²) < 4.78 is 0. The zero-order valence-electron chi connectivity index (χ0n) is 10.8. The van der Waals surface area contributed by atoms with E-state index in [0.29, 0.717) is 5.56 Å². The molecular weight excluding hydrogens is 246 g/mol. The molecule has 1 saturated heterocycles. The van der Waals surface area contributed by atoms with Gasteiger partial charge in [0.15, 0.2) is 0 Å². The Morgan fingerprint density at radius 3 is 2.58 bits per heavy atom. The summed E-state index contributed by atoms with van der Waals surface area (Å²) in [5.74, 6) is -0.424. The second-order valence-corrected chi connectivity index (χ2v) is 4.67. The third-order valence-electron chi connectivity index (χ3n) is 3.18. The number of nitrogens with zero attached hydrogens (tertiary/aromatic N) is 1. The molecule has 0 aromatic carbocycles. The Kier molecular flexibility index (Phi) is 3.99. The number of carbonyl (C=O) groups is 2. The van der Waals surface area contributed by atoms with Crippen LogP contribution in [0.3, 0.4) is 0 Å². The van der Waals surface area contributed by atoms with E-state index in [1.54, 1.807) is 11.8 Å². The Hall–Kier alpha value is -2.11. The molecule has 1 atom stereocenters. The van der Waals surface area contributed by atoms with Gasteiger partial charge in [-0.25, -0.2) is 0 Å². The van der Waals surface area contributed by atoms with E-state index in [2.05, 4.69) is 10.3 Å². The average Bonchev–Trinajstić information content (AvgIpc) is 2.92. The Morgan fingerprint density at radius 1 is 1.32 bits per heavy atom. The maximum absolute atomic E-state index is 12.0. The van der Waals surface area contributed by atoms with Crippen molar-refractivity contribution in [1.82, 2.24) is 15.2 Å². The molecule has 2 heterocycles. The fourth-order valence-corrected chi connectivity index (χ4v) is 2.10. The molecule has 2 rings (SSSR count). The summed E-state index contributed by atoms with van der Waals surface area (Å²) in [6, 6.07) is 2.15. The van der Waals surface area contributed by atoms with Crippen LogP contribution in [-0.4, -0.2) is 40.8 Å². The van der Waals surface area contributed by atoms with Crippen molar-refractivity contribution in [3.8, 4) is 0 Å². The van der Waals surface area contributed by atoms with Crippen LogP contribution in [0, 0.1) is 0 Å². The number of carbonyl (C=O) groups excluding carboxylic acids is 2. The minimum absolute atomic E-state index is 0.0599. The molecule has 0 radical (unpaired) electrons. The van der Waals surface area contributed by atoms with Crippen molar-refractivity contribution in [2.75, 3.05) is 13.1 Å². The van der Waals surface area contributed by atoms with Crippen LogP contribution in [0.25, 0.3) is 0 Å². The number of likely N-dealkylation sites (tertiary alicyclic amines) is 1. The first-order chi connectivity index (χ1) is 9.08. The normalized spacial score (nSPS) is 16.2. The Labute approximate surface area is 110 Å². The van der Waals surface area contributed by atoms with Crippen LogP contribution >= 0.6 is 0 Å². The lowest BCUT2D eigenvalue weighted by molar-refractivity contribution is -0.131. The number of hydrogen-bond acceptors (Lipinski definition) is 3. The van der Waals surface area contributed by atoms with E-state index in [1.165, 1.54) is 18.3 Å². The smallest absolute Gasteiger partial charge is 0.253 e. The SMILES string of the molecule is CC(NC(=O)c1ccc(=O)[nH]c1)C(=O)N1CCCC1. The number of amides is 2. The molecule has 1 aliphatic rings. The average molecular weight is 263 g/mol. The quantitative estimate of drug-likeness (QED) is 0.812. The van der Waals surface area contributed by atoms with Crippen molar-refractivity contribution >= 4 is 11.8 Å². The van der Waals surface area contributed by atoms with Crippen LogP contribution in [-0.2, 0) is 4.79 Å². The third-order valence-corrected chi connectivity index (χ3v) is 3.18. The van der Waals surface area contributed by atoms with Crippen LogP contribution in [0.1, 0.15) is 30.1 Å². The fraction of sp³-hybridized carbons (Fsp3) is 0.462. The highest BCUT2D eigenvalue weighted by atomic mass is 16.2. The molecule has 1 aromatic rings. The number of nitrogens with one attached hydrogen (secondary N) is 2. The van der Waals surface area contributed by atoms with E-state index in [9.17, 15) is 14.4 Å². The van der Waals surface area contributed by atoms with Crippen molar-refractivity contribution in [2.24, 2.45) is 0 Å². The molecule has 2 amide bonds. The first-order valence-corrected chi connectivity index (χ1v) is 6.36. The van der Waals surface area contributed by atoms with Crippen molar-refractivity contribution in [2.45, 2.75) is 25.8 Å². The van der Waals surface area contributed by atoms with Gasteiger partial charge in [-0.05, 0) is 25.8 Å². The molecular formula is C13H17N3O3. The molecule has 0 saturated carbocycles. The van der Waals surface area contributed by atoms with E-state index in [4.69, 9.17) is 0 Å². The van der Waals surface area contributed by atoms with Gasteiger partial charge in [-0.3, -0.25) is 14.4 Å². The molecule has 6 nitrogen and oxygen atoms in total. The van der Waals surface area contributed by atoms with Gasteiger partial charge >= 0.3 is 0 Å². The van der Waals surface area contributed by atoms with Gasteiger partial charge in [-0.2, -0.15) is 0 Å². The maximum Gasteiger partial charge on any atom is 0.253 e. The van der Waals surface area contributed by atoms with Gasteiger partial charge < -0.3 is 15.2 Å². The molecule has 0 aliphatic carbocycles. The van der Waals surface area contributed by atoms with E-state index < -0.39 is 6.04 Å². The summed E-state index contributed by atoms with van der Waals surface area (Å²) in [7, 11) is 0. The highest BCUT2D eigenvalue weighted by Gasteiger charge is 2.24. The Morgan fingerprint density at radius 2 is 2.00 bits per heavy atom. The van der Waals surface area contributed by atoms with Crippen LogP contribution < -0.4 is 10.9 Å². The van der Waals surface area contributed by atoms with Crippen LogP contribution in [0.15, 0.2) is 23.1 Å². The summed E-state index contributed by atoms with van der Waals surface area (Å²) in [5, 5.41) is 2.64. The highest BCUT2D eigenvalue weighted by Crippen LogP contribution is 2.09. The summed E-state index contributed by atoms with van der Waals surface area (Å²) in [5.41, 5.74) is 0.0680. The lowest BCUT2D eigenvalue weighted by Gasteiger charge is -2.21. The van der Waals surface area contributed by atoms with Gasteiger partial charge in [-0.15, -0.1) is 0 Å². The van der Waals surface area contributed by atoms with E-state index >= 15 is 0 Å². The number of pyridine rings is 1. The monoisotopic (exact) mass is 263 g/mol. The predicted molar refractivity (Wildman–Crippen MR) is 69.8 cm³/mol. The number of rotatable bonds is 3. The zero-order valence-corrected chi connectivity index (χ0v) is 10.8. The summed E-state index contributed by atoms with van der Waals surface area (Å²) in [6.45, 7) is 3.19. The molecule has 1 aliphatic heterocycles. The summed E-state index contributed by atoms with van der Waals surface area (Å²) in [4.78, 5) is 39.0. The van der Waals surface area contributed by atoms with Crippen molar-refractivity contribution in [1.29, 1.82) is 0 Å². The predicted octanol–water partition coefficient (Wildman–Crippen LogP) is 0.116. The highest BCUT2D eigenvalue weighted by molar-refractivity contribution is 5.97. The van der Waals surface area contributed by atoms with E-state index in [-0.39, 0.29) is 17.4 Å². The van der Waals surface area contributed by atoms with Crippen molar-refractivity contribution in [3.05, 3.63) is 34.2 Å². The first kappa shape index (κ1) is 13.3. The van der Waals surface area contributed by atoms with Crippen LogP contribution in [0.5, 0.6) is 0 Å². The molecule has 0 bridgehead atoms. The largest absolute Gasteiger partial charge is 0.341 e. The molecule has 1 aromatic heterocycles. The van der Waals surface area contributed by atoms with Gasteiger partial charge in [-0.1, -0.05) is 0 Å². The second kappa shape index (κ2) is 5.69. The zero-order chi connectivity index (χ0) is 13.8. The minimum atomic E-state index is -0.558. The van der Waals surface area contributed by atoms with Crippen molar-refractivity contribution in [3.63, 3.8) is 0 Å². The van der Waals surface area contributed by atoms with Gasteiger partial charge in [0, 0.05) is 25.4 Å². The number of aromatic nitrogens is 1. The number of aromatic amines is 1. The minimum Gasteiger partial charge on any atom is -0.341 e. The van der Waals surface area contributed by atoms with Crippen LogP contribution in [0.4, 0.5) is 0 Å². The maximum atomic E-state index is 12.0. The fourth-order valence-electron chi connectivity index (χ4n) is 2.10. The van der Waals surface area contributed by atoms with Gasteiger partial charge in [0.1, 0.15) is 6.04 Å². The number of hydrogen-bond donors (Lipinski definition) is 2. The van der Waals surface area contributed by atoms with E-state index in [1.807, 2.05) is 0 Å². The Bertz CT molecular complexity index is 512. The number of H-pyrrole nitrogens is 1. The van der Waals surface area contributed by atoms with E-state index in [0.717, 1.165) is 25.9 Å². The van der Waals surface area contributed by atoms with Crippen LogP contribution in [0.2, 0.25) is 0 Å². The summed E-state index contributed by atoms with van der Waals surface area (Å²) in [6.07, 6.45) is 3.38. The first-order valence-electron chi connectivity index (χ1n) is 6.36. The van der Waals surface area contributed by atoms with Gasteiger partial charge in [0.2, 0.25) is 11.5 Å². The molecule has 2 N–H and O–H groups in total. The summed E-state index contributed by atoms with van der Waals surface area (Å²) >= 11 is 0. The molecule has 19 heavy (non-hydrogen) atoms. The second-order valence-electron chi connectivity index (χ2n) is 4.67. The van der Waals surface area contributed by atoms with Gasteiger partial charge in [0.25, 0.3) is 5.91 Å². The molecule has 1 unspecified atom stereocenters. The lowest BCUT2D eigenvalue weighted by Crippen LogP contribution is -2.46. The van der Waals surface area contributed by atoms with Gasteiger partial charge in [0.05, 0.1) is 5.56 Å². The molecule has 0 spiro atoms. The lowest BCUT2D eigenvalue weighted by atomic mass is 10.2. The third kappa shape index (κ3) is 3.21. The van der Waals surface area contributed by atoms with Crippen molar-refractivity contribution < 1.29 is 9.59 Å². The standard InChI is InChI=1S/C13H17N3O3/c1-9(13(19)16-6-2-3-7-16)15-12(18)10-4-5-11(17)14-8-10/h4-5,8-9H,2-3,6-7H2,1H3,(H,14,17)(H,15,18).